The Labute approximate surface area is 153 Å². The fourth-order valence-electron chi connectivity index (χ4n) is 2.98. The number of anilines is 1. The van der Waals surface area contributed by atoms with Gasteiger partial charge in [-0.05, 0) is 50.2 Å². The van der Waals surface area contributed by atoms with Crippen molar-refractivity contribution in [2.24, 2.45) is 0 Å². The van der Waals surface area contributed by atoms with Crippen molar-refractivity contribution in [3.05, 3.63) is 60.2 Å². The molecule has 0 radical (unpaired) electrons. The molecule has 138 valence electrons. The van der Waals surface area contributed by atoms with Gasteiger partial charge in [0.1, 0.15) is 0 Å². The molecule has 0 saturated carbocycles. The van der Waals surface area contributed by atoms with Gasteiger partial charge in [-0.25, -0.2) is 8.42 Å². The number of carbonyl (C=O) groups excluding carboxylic acids is 1. The molecule has 0 spiro atoms. The molecule has 1 aliphatic heterocycles. The standard InChI is InChI=1S/C19H22N2O4S/c1-14-12-21(13-15(2)25-14)26(23,24)18-10-8-17(9-11-18)20-19(22)16-6-4-3-5-7-16/h3-11,14-15H,12-13H2,1-2H3,(H,20,22)/t14-,15-/m1/s1. The van der Waals surface area contributed by atoms with Crippen LogP contribution in [0.1, 0.15) is 24.2 Å². The number of carbonyl (C=O) groups is 1. The zero-order chi connectivity index (χ0) is 18.7. The van der Waals surface area contributed by atoms with Gasteiger partial charge in [0.15, 0.2) is 0 Å². The van der Waals surface area contributed by atoms with Crippen LogP contribution in [0.5, 0.6) is 0 Å². The van der Waals surface area contributed by atoms with Crippen LogP contribution in [0.3, 0.4) is 0 Å². The first-order chi connectivity index (χ1) is 12.4. The number of ether oxygens (including phenoxy) is 1. The fraction of sp³-hybridized carbons (Fsp3) is 0.316. The fourth-order valence-corrected chi connectivity index (χ4v) is 4.57. The SMILES string of the molecule is C[C@@H]1CN(S(=O)(=O)c2ccc(NC(=O)c3ccccc3)cc2)C[C@@H](C)O1. The van der Waals surface area contributed by atoms with Crippen molar-refractivity contribution in [3.8, 4) is 0 Å². The third-order valence-electron chi connectivity index (χ3n) is 4.17. The van der Waals surface area contributed by atoms with E-state index in [4.69, 9.17) is 4.74 Å². The van der Waals surface area contributed by atoms with Gasteiger partial charge in [-0.3, -0.25) is 4.79 Å². The predicted molar refractivity (Wildman–Crippen MR) is 99.6 cm³/mol. The average molecular weight is 374 g/mol. The molecule has 1 N–H and O–H groups in total. The average Bonchev–Trinajstić information content (AvgIpc) is 2.62. The number of hydrogen-bond donors (Lipinski definition) is 1. The maximum absolute atomic E-state index is 12.8. The van der Waals surface area contributed by atoms with Crippen LogP contribution < -0.4 is 5.32 Å². The lowest BCUT2D eigenvalue weighted by Crippen LogP contribution is -2.48. The summed E-state index contributed by atoms with van der Waals surface area (Å²) in [6.45, 7) is 4.39. The highest BCUT2D eigenvalue weighted by Crippen LogP contribution is 2.22. The van der Waals surface area contributed by atoms with Gasteiger partial charge in [-0.1, -0.05) is 18.2 Å². The van der Waals surface area contributed by atoms with Crippen molar-refractivity contribution in [3.63, 3.8) is 0 Å². The number of nitrogens with one attached hydrogen (secondary N) is 1. The maximum Gasteiger partial charge on any atom is 0.255 e. The van der Waals surface area contributed by atoms with Crippen molar-refractivity contribution < 1.29 is 17.9 Å². The highest BCUT2D eigenvalue weighted by molar-refractivity contribution is 7.89. The van der Waals surface area contributed by atoms with Crippen molar-refractivity contribution in [2.75, 3.05) is 18.4 Å². The monoisotopic (exact) mass is 374 g/mol. The summed E-state index contributed by atoms with van der Waals surface area (Å²) < 4.78 is 32.7. The summed E-state index contributed by atoms with van der Waals surface area (Å²) in [5, 5.41) is 2.76. The molecule has 1 saturated heterocycles. The van der Waals surface area contributed by atoms with E-state index in [-0.39, 0.29) is 23.0 Å². The van der Waals surface area contributed by atoms with E-state index >= 15 is 0 Å². The first-order valence-corrected chi connectivity index (χ1v) is 9.92. The van der Waals surface area contributed by atoms with Crippen LogP contribution in [0.2, 0.25) is 0 Å². The summed E-state index contributed by atoms with van der Waals surface area (Å²) in [6.07, 6.45) is -0.282. The molecule has 0 bridgehead atoms. The Balaban J connectivity index is 1.73. The van der Waals surface area contributed by atoms with Crippen LogP contribution in [0.15, 0.2) is 59.5 Å². The topological polar surface area (TPSA) is 75.7 Å². The van der Waals surface area contributed by atoms with E-state index < -0.39 is 10.0 Å². The molecule has 3 rings (SSSR count). The highest BCUT2D eigenvalue weighted by atomic mass is 32.2. The lowest BCUT2D eigenvalue weighted by Gasteiger charge is -2.34. The Bertz CT molecular complexity index is 856. The van der Waals surface area contributed by atoms with Gasteiger partial charge in [0.25, 0.3) is 5.91 Å². The zero-order valence-electron chi connectivity index (χ0n) is 14.8. The van der Waals surface area contributed by atoms with E-state index in [9.17, 15) is 13.2 Å². The number of hydrogen-bond acceptors (Lipinski definition) is 4. The van der Waals surface area contributed by atoms with Gasteiger partial charge in [-0.2, -0.15) is 4.31 Å². The molecule has 7 heteroatoms. The Kier molecular flexibility index (Phi) is 5.41. The molecule has 0 aromatic heterocycles. The van der Waals surface area contributed by atoms with Gasteiger partial charge in [0.05, 0.1) is 17.1 Å². The molecule has 1 amide bonds. The van der Waals surface area contributed by atoms with Crippen LogP contribution in [0, 0.1) is 0 Å². The number of sulfonamides is 1. The number of nitrogens with zero attached hydrogens (tertiary/aromatic N) is 1. The summed E-state index contributed by atoms with van der Waals surface area (Å²) in [7, 11) is -3.58. The summed E-state index contributed by atoms with van der Waals surface area (Å²) in [6, 6.07) is 15.1. The van der Waals surface area contributed by atoms with Gasteiger partial charge in [-0.15, -0.1) is 0 Å². The number of benzene rings is 2. The molecule has 1 heterocycles. The maximum atomic E-state index is 12.8. The normalized spacial score (nSPS) is 21.3. The first kappa shape index (κ1) is 18.6. The zero-order valence-corrected chi connectivity index (χ0v) is 15.6. The van der Waals surface area contributed by atoms with Gasteiger partial charge in [0, 0.05) is 24.3 Å². The van der Waals surface area contributed by atoms with Crippen LogP contribution in [0.25, 0.3) is 0 Å². The summed E-state index contributed by atoms with van der Waals surface area (Å²) >= 11 is 0. The smallest absolute Gasteiger partial charge is 0.255 e. The second kappa shape index (κ2) is 7.57. The van der Waals surface area contributed by atoms with Crippen LogP contribution in [0.4, 0.5) is 5.69 Å². The van der Waals surface area contributed by atoms with Gasteiger partial charge >= 0.3 is 0 Å². The molecule has 2 atom stereocenters. The Morgan fingerprint density at radius 2 is 1.58 bits per heavy atom. The first-order valence-electron chi connectivity index (χ1n) is 8.48. The second-order valence-electron chi connectivity index (χ2n) is 6.42. The van der Waals surface area contributed by atoms with Gasteiger partial charge < -0.3 is 10.1 Å². The van der Waals surface area contributed by atoms with Crippen molar-refractivity contribution in [2.45, 2.75) is 31.0 Å². The minimum absolute atomic E-state index is 0.141. The molecule has 0 aliphatic carbocycles. The molecular weight excluding hydrogens is 352 g/mol. The number of rotatable bonds is 4. The lowest BCUT2D eigenvalue weighted by atomic mass is 10.2. The van der Waals surface area contributed by atoms with Crippen LogP contribution in [-0.2, 0) is 14.8 Å². The second-order valence-corrected chi connectivity index (χ2v) is 8.36. The lowest BCUT2D eigenvalue weighted by molar-refractivity contribution is -0.0440. The van der Waals surface area contributed by atoms with Crippen LogP contribution >= 0.6 is 0 Å². The molecule has 1 fully saturated rings. The van der Waals surface area contributed by atoms with E-state index in [1.807, 2.05) is 19.9 Å². The van der Waals surface area contributed by atoms with Crippen LogP contribution in [-0.4, -0.2) is 43.9 Å². The molecule has 6 nitrogen and oxygen atoms in total. The summed E-state index contributed by atoms with van der Waals surface area (Å²) in [5.74, 6) is -0.239. The van der Waals surface area contributed by atoms with E-state index in [0.717, 1.165) is 0 Å². The van der Waals surface area contributed by atoms with E-state index in [2.05, 4.69) is 5.32 Å². The molecule has 1 aliphatic rings. The third-order valence-corrected chi connectivity index (χ3v) is 6.02. The largest absolute Gasteiger partial charge is 0.373 e. The minimum atomic E-state index is -3.58. The van der Waals surface area contributed by atoms with E-state index in [1.54, 1.807) is 36.4 Å². The Hall–Kier alpha value is -2.22. The summed E-state index contributed by atoms with van der Waals surface area (Å²) in [5.41, 5.74) is 1.09. The van der Waals surface area contributed by atoms with Crippen molar-refractivity contribution in [1.82, 2.24) is 4.31 Å². The minimum Gasteiger partial charge on any atom is -0.373 e. The molecule has 0 unspecified atom stereocenters. The highest BCUT2D eigenvalue weighted by Gasteiger charge is 2.32. The van der Waals surface area contributed by atoms with E-state index in [1.165, 1.54) is 16.4 Å². The molecule has 2 aromatic rings. The van der Waals surface area contributed by atoms with Crippen molar-refractivity contribution in [1.29, 1.82) is 0 Å². The quantitative estimate of drug-likeness (QED) is 0.893. The van der Waals surface area contributed by atoms with Crippen molar-refractivity contribution >= 4 is 21.6 Å². The molecular formula is C19H22N2O4S. The number of morpholine rings is 1. The van der Waals surface area contributed by atoms with E-state index in [0.29, 0.717) is 24.3 Å². The third kappa shape index (κ3) is 4.12. The Morgan fingerprint density at radius 1 is 1.00 bits per heavy atom. The predicted octanol–water partition coefficient (Wildman–Crippen LogP) is 2.74. The number of amides is 1. The van der Waals surface area contributed by atoms with Gasteiger partial charge in [0.2, 0.25) is 10.0 Å². The Morgan fingerprint density at radius 3 is 2.15 bits per heavy atom. The molecule has 2 aromatic carbocycles. The molecule has 26 heavy (non-hydrogen) atoms. The summed E-state index contributed by atoms with van der Waals surface area (Å²) in [4.78, 5) is 12.4.